The molecule has 2 aromatic rings. The van der Waals surface area contributed by atoms with Crippen LogP contribution in [0.1, 0.15) is 37.5 Å². The van der Waals surface area contributed by atoms with Gasteiger partial charge in [0.25, 0.3) is 5.69 Å². The van der Waals surface area contributed by atoms with E-state index >= 15 is 0 Å². The molecule has 0 aliphatic carbocycles. The van der Waals surface area contributed by atoms with Gasteiger partial charge in [-0.2, -0.15) is 0 Å². The second-order valence-corrected chi connectivity index (χ2v) is 7.75. The molecule has 0 unspecified atom stereocenters. The van der Waals surface area contributed by atoms with E-state index in [1.165, 1.54) is 12.1 Å². The van der Waals surface area contributed by atoms with Crippen molar-refractivity contribution in [2.24, 2.45) is 0 Å². The fraction of sp³-hybridized carbons (Fsp3) is 0.263. The number of hydrogen-bond acceptors (Lipinski definition) is 3. The van der Waals surface area contributed by atoms with Crippen LogP contribution in [0.15, 0.2) is 36.4 Å². The predicted octanol–water partition coefficient (Wildman–Crippen LogP) is 5.68. The molecule has 24 heavy (non-hydrogen) atoms. The van der Waals surface area contributed by atoms with E-state index in [1.54, 1.807) is 19.2 Å². The van der Waals surface area contributed by atoms with E-state index in [0.29, 0.717) is 0 Å². The number of nitro benzene ring substituents is 1. The Morgan fingerprint density at radius 3 is 2.25 bits per heavy atom. The van der Waals surface area contributed by atoms with Gasteiger partial charge in [0.1, 0.15) is 5.75 Å². The molecule has 0 saturated heterocycles. The summed E-state index contributed by atoms with van der Waals surface area (Å²) in [7, 11) is 1.68. The summed E-state index contributed by atoms with van der Waals surface area (Å²) in [6, 6.07) is 10.7. The number of benzene rings is 2. The van der Waals surface area contributed by atoms with Crippen LogP contribution >= 0.6 is 22.6 Å². The number of ether oxygens (including phenoxy) is 1. The quantitative estimate of drug-likeness (QED) is 0.268. The molecule has 0 N–H and O–H groups in total. The van der Waals surface area contributed by atoms with Crippen molar-refractivity contribution >= 4 is 40.4 Å². The second kappa shape index (κ2) is 7.34. The molecule has 126 valence electrons. The molecular weight excluding hydrogens is 417 g/mol. The van der Waals surface area contributed by atoms with Gasteiger partial charge >= 0.3 is 0 Å². The summed E-state index contributed by atoms with van der Waals surface area (Å²) < 4.78 is 6.79. The smallest absolute Gasteiger partial charge is 0.269 e. The van der Waals surface area contributed by atoms with Crippen LogP contribution < -0.4 is 4.74 Å². The first-order chi connectivity index (χ1) is 11.2. The minimum absolute atomic E-state index is 0.0253. The molecule has 0 saturated carbocycles. The fourth-order valence-electron chi connectivity index (χ4n) is 2.42. The summed E-state index contributed by atoms with van der Waals surface area (Å²) in [4.78, 5) is 10.3. The number of rotatable bonds is 4. The summed E-state index contributed by atoms with van der Waals surface area (Å²) in [5.74, 6) is 0.862. The van der Waals surface area contributed by atoms with E-state index in [-0.39, 0.29) is 11.1 Å². The zero-order valence-electron chi connectivity index (χ0n) is 14.2. The lowest BCUT2D eigenvalue weighted by molar-refractivity contribution is -0.384. The third-order valence-electron chi connectivity index (χ3n) is 3.65. The van der Waals surface area contributed by atoms with Crippen LogP contribution in [-0.2, 0) is 5.41 Å². The Kier molecular flexibility index (Phi) is 5.64. The molecule has 0 aliphatic heterocycles. The van der Waals surface area contributed by atoms with Crippen molar-refractivity contribution in [3.8, 4) is 5.75 Å². The molecule has 0 radical (unpaired) electrons. The summed E-state index contributed by atoms with van der Waals surface area (Å²) in [5.41, 5.74) is 3.11. The van der Waals surface area contributed by atoms with Crippen molar-refractivity contribution in [1.29, 1.82) is 0 Å². The highest BCUT2D eigenvalue weighted by atomic mass is 127. The first-order valence-corrected chi connectivity index (χ1v) is 8.61. The predicted molar refractivity (Wildman–Crippen MR) is 106 cm³/mol. The van der Waals surface area contributed by atoms with Crippen LogP contribution in [0.4, 0.5) is 5.69 Å². The number of non-ortho nitro benzene ring substituents is 1. The van der Waals surface area contributed by atoms with Crippen molar-refractivity contribution < 1.29 is 9.66 Å². The number of nitro groups is 1. The van der Waals surface area contributed by atoms with E-state index in [2.05, 4.69) is 55.5 Å². The second-order valence-electron chi connectivity index (χ2n) is 6.51. The first kappa shape index (κ1) is 18.4. The minimum atomic E-state index is -0.397. The topological polar surface area (TPSA) is 52.4 Å². The van der Waals surface area contributed by atoms with Gasteiger partial charge in [-0.1, -0.05) is 32.9 Å². The van der Waals surface area contributed by atoms with Crippen LogP contribution in [0.5, 0.6) is 5.75 Å². The van der Waals surface area contributed by atoms with Gasteiger partial charge in [0.2, 0.25) is 0 Å². The lowest BCUT2D eigenvalue weighted by Crippen LogP contribution is -2.14. The average Bonchev–Trinajstić information content (AvgIpc) is 2.51. The van der Waals surface area contributed by atoms with Gasteiger partial charge in [-0.25, -0.2) is 0 Å². The zero-order valence-corrected chi connectivity index (χ0v) is 16.3. The van der Waals surface area contributed by atoms with E-state index in [4.69, 9.17) is 4.74 Å². The van der Waals surface area contributed by atoms with Crippen LogP contribution in [0, 0.1) is 13.7 Å². The van der Waals surface area contributed by atoms with E-state index in [0.717, 1.165) is 26.0 Å². The average molecular weight is 437 g/mol. The minimum Gasteiger partial charge on any atom is -0.496 e. The van der Waals surface area contributed by atoms with Gasteiger partial charge in [0.05, 0.1) is 12.0 Å². The molecule has 0 heterocycles. The molecule has 0 bridgehead atoms. The van der Waals surface area contributed by atoms with Gasteiger partial charge in [-0.05, 0) is 57.8 Å². The van der Waals surface area contributed by atoms with Gasteiger partial charge in [-0.15, -0.1) is 0 Å². The van der Waals surface area contributed by atoms with Gasteiger partial charge < -0.3 is 4.74 Å². The Labute approximate surface area is 155 Å². The summed E-state index contributed by atoms with van der Waals surface area (Å²) >= 11 is 2.31. The first-order valence-electron chi connectivity index (χ1n) is 7.53. The largest absolute Gasteiger partial charge is 0.496 e. The SMILES string of the molecule is COc1c(/C=C/c2ccc([N+](=O)[O-])cc2)cc(I)cc1C(C)(C)C. The molecule has 5 heteroatoms. The molecule has 0 aromatic heterocycles. The Balaban J connectivity index is 2.41. The highest BCUT2D eigenvalue weighted by Crippen LogP contribution is 2.36. The summed E-state index contributed by atoms with van der Waals surface area (Å²) in [6.07, 6.45) is 3.92. The standard InChI is InChI=1S/C19H20INO3/c1-19(2,3)17-12-15(20)11-14(18(17)24-4)8-5-13-6-9-16(10-7-13)21(22)23/h5-12H,1-4H3/b8-5+. The summed E-state index contributed by atoms with van der Waals surface area (Å²) in [6.45, 7) is 6.47. The number of hydrogen-bond donors (Lipinski definition) is 0. The van der Waals surface area contributed by atoms with Crippen LogP contribution in [0.3, 0.4) is 0 Å². The maximum atomic E-state index is 10.7. The van der Waals surface area contributed by atoms with Gasteiger partial charge in [-0.3, -0.25) is 10.1 Å². The van der Waals surface area contributed by atoms with E-state index < -0.39 is 4.92 Å². The molecule has 0 spiro atoms. The third-order valence-corrected chi connectivity index (χ3v) is 4.28. The number of methoxy groups -OCH3 is 1. The molecular formula is C19H20INO3. The van der Waals surface area contributed by atoms with Gasteiger partial charge in [0.15, 0.2) is 0 Å². The van der Waals surface area contributed by atoms with Crippen molar-refractivity contribution in [1.82, 2.24) is 0 Å². The van der Waals surface area contributed by atoms with Crippen LogP contribution in [-0.4, -0.2) is 12.0 Å². The molecule has 4 nitrogen and oxygen atoms in total. The number of nitrogens with zero attached hydrogens (tertiary/aromatic N) is 1. The molecule has 0 fully saturated rings. The maximum Gasteiger partial charge on any atom is 0.269 e. The van der Waals surface area contributed by atoms with Gasteiger partial charge in [0, 0.05) is 26.8 Å². The normalized spacial score (nSPS) is 11.7. The zero-order chi connectivity index (χ0) is 17.9. The lowest BCUT2D eigenvalue weighted by atomic mass is 9.85. The fourth-order valence-corrected chi connectivity index (χ4v) is 3.06. The van der Waals surface area contributed by atoms with E-state index in [1.807, 2.05) is 12.2 Å². The van der Waals surface area contributed by atoms with Crippen molar-refractivity contribution in [3.05, 3.63) is 66.8 Å². The van der Waals surface area contributed by atoms with E-state index in [9.17, 15) is 10.1 Å². The summed E-state index contributed by atoms with van der Waals surface area (Å²) in [5, 5.41) is 10.7. The highest BCUT2D eigenvalue weighted by molar-refractivity contribution is 14.1. The van der Waals surface area contributed by atoms with Crippen molar-refractivity contribution in [2.75, 3.05) is 7.11 Å². The van der Waals surface area contributed by atoms with Crippen molar-refractivity contribution in [2.45, 2.75) is 26.2 Å². The highest BCUT2D eigenvalue weighted by Gasteiger charge is 2.21. The lowest BCUT2D eigenvalue weighted by Gasteiger charge is -2.24. The Morgan fingerprint density at radius 1 is 1.12 bits per heavy atom. The molecule has 0 atom stereocenters. The Hall–Kier alpha value is -1.89. The van der Waals surface area contributed by atoms with Crippen LogP contribution in [0.25, 0.3) is 12.2 Å². The maximum absolute atomic E-state index is 10.7. The Morgan fingerprint density at radius 2 is 1.75 bits per heavy atom. The monoisotopic (exact) mass is 437 g/mol. The molecule has 2 aromatic carbocycles. The third kappa shape index (κ3) is 4.35. The Bertz CT molecular complexity index is 774. The number of halogens is 1. The van der Waals surface area contributed by atoms with Crippen molar-refractivity contribution in [3.63, 3.8) is 0 Å². The molecule has 0 aliphatic rings. The molecule has 0 amide bonds. The molecule has 2 rings (SSSR count). The van der Waals surface area contributed by atoms with Crippen LogP contribution in [0.2, 0.25) is 0 Å².